The topological polar surface area (TPSA) is 59.1 Å². The normalized spacial score (nSPS) is 13.7. The number of rotatable bonds is 2. The van der Waals surface area contributed by atoms with Crippen molar-refractivity contribution in [2.75, 3.05) is 6.61 Å². The van der Waals surface area contributed by atoms with Crippen molar-refractivity contribution in [1.29, 1.82) is 0 Å². The lowest BCUT2D eigenvalue weighted by Gasteiger charge is -2.08. The first kappa shape index (κ1) is 16.8. The Morgan fingerprint density at radius 3 is 2.00 bits per heavy atom. The Hall–Kier alpha value is -2.01. The molecule has 4 heteroatoms. The molecule has 0 radical (unpaired) electrons. The lowest BCUT2D eigenvalue weighted by Crippen LogP contribution is -2.04. The number of aryl methyl sites for hydroxylation is 1. The summed E-state index contributed by atoms with van der Waals surface area (Å²) in [6, 6.07) is 16.7. The third-order valence-corrected chi connectivity index (χ3v) is 5.04. The van der Waals surface area contributed by atoms with Gasteiger partial charge in [0, 0.05) is 17.3 Å². The summed E-state index contributed by atoms with van der Waals surface area (Å²) >= 11 is 1.64. The Bertz CT molecular complexity index is 780. The molecule has 1 unspecified atom stereocenters. The van der Waals surface area contributed by atoms with E-state index in [1.807, 2.05) is 31.4 Å². The number of nitrogens with zero attached hydrogens (tertiary/aromatic N) is 1. The highest BCUT2D eigenvalue weighted by atomic mass is 32.1. The lowest BCUT2D eigenvalue weighted by molar-refractivity contribution is 0.282. The third-order valence-electron chi connectivity index (χ3n) is 4.25. The lowest BCUT2D eigenvalue weighted by atomic mass is 9.98. The standard InChI is InChI=1S/C14H12O.C6H10N2S/c15-9-14-12-7-3-1-5-10(12)11-6-2-4-8-13(11)14;1-4(7)6-3-9-5(2)8-6/h1-8,14-15H,9H2;3-4H,7H2,1-2H3. The molecule has 0 bridgehead atoms. The fourth-order valence-corrected chi connectivity index (χ4v) is 3.76. The number of hydrogen-bond acceptors (Lipinski definition) is 4. The largest absolute Gasteiger partial charge is 0.395 e. The molecular weight excluding hydrogens is 316 g/mol. The maximum absolute atomic E-state index is 9.46. The zero-order chi connectivity index (χ0) is 17.1. The third kappa shape index (κ3) is 3.26. The highest BCUT2D eigenvalue weighted by Gasteiger charge is 2.26. The number of hydrogen-bond donors (Lipinski definition) is 2. The van der Waals surface area contributed by atoms with Crippen LogP contribution >= 0.6 is 11.3 Å². The van der Waals surface area contributed by atoms with E-state index in [0.717, 1.165) is 10.7 Å². The fourth-order valence-electron chi connectivity index (χ4n) is 3.05. The molecule has 3 aromatic rings. The zero-order valence-electron chi connectivity index (χ0n) is 13.9. The van der Waals surface area contributed by atoms with Crippen LogP contribution in [0, 0.1) is 6.92 Å². The Kier molecular flexibility index (Phi) is 5.09. The summed E-state index contributed by atoms with van der Waals surface area (Å²) in [4.78, 5) is 4.20. The van der Waals surface area contributed by atoms with Crippen LogP contribution in [0.4, 0.5) is 0 Å². The van der Waals surface area contributed by atoms with Crippen LogP contribution in [0.15, 0.2) is 53.9 Å². The molecule has 0 aliphatic heterocycles. The van der Waals surface area contributed by atoms with Crippen LogP contribution in [-0.2, 0) is 0 Å². The van der Waals surface area contributed by atoms with Gasteiger partial charge in [0.1, 0.15) is 0 Å². The van der Waals surface area contributed by atoms with Crippen LogP contribution in [0.1, 0.15) is 40.7 Å². The molecule has 0 amide bonds. The van der Waals surface area contributed by atoms with E-state index < -0.39 is 0 Å². The summed E-state index contributed by atoms with van der Waals surface area (Å²) in [6.07, 6.45) is 0. The molecule has 0 spiro atoms. The summed E-state index contributed by atoms with van der Waals surface area (Å²) in [5.41, 5.74) is 11.6. The van der Waals surface area contributed by atoms with Gasteiger partial charge in [0.05, 0.1) is 17.3 Å². The van der Waals surface area contributed by atoms with Crippen molar-refractivity contribution in [3.8, 4) is 11.1 Å². The molecular formula is C20H22N2OS. The molecule has 3 nitrogen and oxygen atoms in total. The molecule has 0 fully saturated rings. The number of benzene rings is 2. The Labute approximate surface area is 146 Å². The second-order valence-electron chi connectivity index (χ2n) is 5.99. The SMILES string of the molecule is Cc1nc(C(C)N)cs1.OCC1c2ccccc2-c2ccccc21. The fraction of sp³-hybridized carbons (Fsp3) is 0.250. The summed E-state index contributed by atoms with van der Waals surface area (Å²) in [5.74, 6) is 0.164. The second-order valence-corrected chi connectivity index (χ2v) is 7.05. The predicted molar refractivity (Wildman–Crippen MR) is 100 cm³/mol. The zero-order valence-corrected chi connectivity index (χ0v) is 14.8. The molecule has 24 heavy (non-hydrogen) atoms. The van der Waals surface area contributed by atoms with Gasteiger partial charge >= 0.3 is 0 Å². The van der Waals surface area contributed by atoms with E-state index in [9.17, 15) is 5.11 Å². The van der Waals surface area contributed by atoms with E-state index in [1.165, 1.54) is 22.3 Å². The highest BCUT2D eigenvalue weighted by Crippen LogP contribution is 2.43. The smallest absolute Gasteiger partial charge is 0.0898 e. The highest BCUT2D eigenvalue weighted by molar-refractivity contribution is 7.09. The minimum Gasteiger partial charge on any atom is -0.395 e. The molecule has 0 saturated carbocycles. The predicted octanol–water partition coefficient (Wildman–Crippen LogP) is 4.26. The molecule has 1 atom stereocenters. The number of aliphatic hydroxyl groups excluding tert-OH is 1. The quantitative estimate of drug-likeness (QED) is 0.734. The van der Waals surface area contributed by atoms with Gasteiger partial charge in [-0.05, 0) is 36.1 Å². The molecule has 1 aliphatic rings. The molecule has 0 saturated heterocycles. The van der Waals surface area contributed by atoms with E-state index in [1.54, 1.807) is 11.3 Å². The van der Waals surface area contributed by atoms with E-state index in [2.05, 4.69) is 41.4 Å². The van der Waals surface area contributed by atoms with Gasteiger partial charge in [0.2, 0.25) is 0 Å². The van der Waals surface area contributed by atoms with Crippen LogP contribution in [0.3, 0.4) is 0 Å². The molecule has 2 aromatic carbocycles. The van der Waals surface area contributed by atoms with E-state index >= 15 is 0 Å². The first-order chi connectivity index (χ1) is 11.6. The van der Waals surface area contributed by atoms with Crippen molar-refractivity contribution in [1.82, 2.24) is 4.98 Å². The van der Waals surface area contributed by atoms with Crippen molar-refractivity contribution in [2.24, 2.45) is 5.73 Å². The van der Waals surface area contributed by atoms with Crippen molar-refractivity contribution in [3.05, 3.63) is 75.7 Å². The van der Waals surface area contributed by atoms with E-state index in [4.69, 9.17) is 5.73 Å². The Morgan fingerprint density at radius 1 is 1.08 bits per heavy atom. The minimum atomic E-state index is 0.0787. The van der Waals surface area contributed by atoms with Crippen LogP contribution in [-0.4, -0.2) is 16.7 Å². The molecule has 1 aliphatic carbocycles. The number of thiazole rings is 1. The van der Waals surface area contributed by atoms with Gasteiger partial charge < -0.3 is 10.8 Å². The van der Waals surface area contributed by atoms with E-state index in [0.29, 0.717) is 0 Å². The molecule has 1 heterocycles. The first-order valence-electron chi connectivity index (χ1n) is 8.08. The molecule has 3 N–H and O–H groups in total. The van der Waals surface area contributed by atoms with Crippen molar-refractivity contribution in [3.63, 3.8) is 0 Å². The van der Waals surface area contributed by atoms with Crippen molar-refractivity contribution >= 4 is 11.3 Å². The average molecular weight is 338 g/mol. The first-order valence-corrected chi connectivity index (χ1v) is 8.96. The number of nitrogens with two attached hydrogens (primary N) is 1. The summed E-state index contributed by atoms with van der Waals surface area (Å²) in [7, 11) is 0. The van der Waals surface area contributed by atoms with Gasteiger partial charge in [-0.1, -0.05) is 48.5 Å². The second kappa shape index (κ2) is 7.26. The summed E-state index contributed by atoms with van der Waals surface area (Å²) in [5, 5.41) is 12.5. The van der Waals surface area contributed by atoms with Crippen LogP contribution < -0.4 is 5.73 Å². The Balaban J connectivity index is 0.000000162. The Morgan fingerprint density at radius 2 is 1.62 bits per heavy atom. The maximum Gasteiger partial charge on any atom is 0.0898 e. The van der Waals surface area contributed by atoms with Gasteiger partial charge in [-0.25, -0.2) is 4.98 Å². The van der Waals surface area contributed by atoms with Crippen LogP contribution in [0.2, 0.25) is 0 Å². The maximum atomic E-state index is 9.46. The van der Waals surface area contributed by atoms with E-state index in [-0.39, 0.29) is 18.6 Å². The minimum absolute atomic E-state index is 0.0787. The van der Waals surface area contributed by atoms with Crippen molar-refractivity contribution in [2.45, 2.75) is 25.8 Å². The van der Waals surface area contributed by atoms with Gasteiger partial charge in [-0.3, -0.25) is 0 Å². The van der Waals surface area contributed by atoms with Crippen molar-refractivity contribution < 1.29 is 5.11 Å². The monoisotopic (exact) mass is 338 g/mol. The van der Waals surface area contributed by atoms with Gasteiger partial charge in [0.25, 0.3) is 0 Å². The molecule has 1 aromatic heterocycles. The molecule has 124 valence electrons. The average Bonchev–Trinajstić information content (AvgIpc) is 3.17. The molecule has 4 rings (SSSR count). The van der Waals surface area contributed by atoms with Crippen LogP contribution in [0.5, 0.6) is 0 Å². The number of fused-ring (bicyclic) bond motifs is 3. The van der Waals surface area contributed by atoms with Gasteiger partial charge in [0.15, 0.2) is 0 Å². The van der Waals surface area contributed by atoms with Gasteiger partial charge in [-0.2, -0.15) is 0 Å². The number of aliphatic hydroxyl groups is 1. The van der Waals surface area contributed by atoms with Crippen LogP contribution in [0.25, 0.3) is 11.1 Å². The summed E-state index contributed by atoms with van der Waals surface area (Å²) in [6.45, 7) is 4.11. The van der Waals surface area contributed by atoms with Gasteiger partial charge in [-0.15, -0.1) is 11.3 Å². The number of aromatic nitrogens is 1. The summed E-state index contributed by atoms with van der Waals surface area (Å²) < 4.78 is 0.